The second-order valence-corrected chi connectivity index (χ2v) is 4.65. The molecule has 0 bridgehead atoms. The highest BCUT2D eigenvalue weighted by Crippen LogP contribution is 2.22. The molecule has 0 aromatic heterocycles. The van der Waals surface area contributed by atoms with Crippen LogP contribution in [0.1, 0.15) is 27.2 Å². The van der Waals surface area contributed by atoms with E-state index in [4.69, 9.17) is 16.3 Å². The molecule has 0 unspecified atom stereocenters. The van der Waals surface area contributed by atoms with Gasteiger partial charge in [0.2, 0.25) is 5.24 Å². The topological polar surface area (TPSA) is 46.6 Å². The molecule has 0 spiro atoms. The molecule has 4 nitrogen and oxygen atoms in total. The van der Waals surface area contributed by atoms with Gasteiger partial charge in [-0.15, -0.1) is 0 Å². The van der Waals surface area contributed by atoms with Crippen LogP contribution < -0.4 is 0 Å². The number of carbonyl (C=O) groups excluding carboxylic acids is 2. The van der Waals surface area contributed by atoms with Crippen molar-refractivity contribution in [3.63, 3.8) is 0 Å². The molecule has 1 amide bonds. The van der Waals surface area contributed by atoms with Gasteiger partial charge in [0.15, 0.2) is 0 Å². The molecule has 1 aliphatic rings. The number of hydrogen-bond acceptors (Lipinski definition) is 3. The average molecular weight is 220 g/mol. The van der Waals surface area contributed by atoms with Gasteiger partial charge in [0, 0.05) is 6.54 Å². The van der Waals surface area contributed by atoms with Gasteiger partial charge in [0.25, 0.3) is 0 Å². The van der Waals surface area contributed by atoms with Crippen molar-refractivity contribution in [2.75, 3.05) is 6.54 Å². The highest BCUT2D eigenvalue weighted by Gasteiger charge is 2.38. The first-order valence-electron chi connectivity index (χ1n) is 4.50. The maximum Gasteiger partial charge on any atom is 0.410 e. The summed E-state index contributed by atoms with van der Waals surface area (Å²) in [4.78, 5) is 23.6. The van der Waals surface area contributed by atoms with Gasteiger partial charge >= 0.3 is 6.09 Å². The third kappa shape index (κ3) is 2.61. The first kappa shape index (κ1) is 11.3. The van der Waals surface area contributed by atoms with Crippen LogP contribution in [0.5, 0.6) is 0 Å². The zero-order chi connectivity index (χ0) is 10.9. The fourth-order valence-electron chi connectivity index (χ4n) is 1.16. The molecule has 0 aromatic carbocycles. The second kappa shape index (κ2) is 3.77. The lowest BCUT2D eigenvalue weighted by Gasteiger charge is -2.38. The molecule has 1 atom stereocenters. The van der Waals surface area contributed by atoms with Crippen LogP contribution in [0.4, 0.5) is 4.79 Å². The van der Waals surface area contributed by atoms with Crippen molar-refractivity contribution in [1.29, 1.82) is 0 Å². The predicted octanol–water partition coefficient (Wildman–Crippen LogP) is 1.76. The minimum absolute atomic E-state index is 0.470. The van der Waals surface area contributed by atoms with Crippen molar-refractivity contribution in [3.8, 4) is 0 Å². The smallest absolute Gasteiger partial charge is 0.410 e. The molecule has 0 N–H and O–H groups in total. The SMILES string of the molecule is CC(C)(C)OC(=O)N1CC[C@@H]1C(=O)Cl. The number of rotatable bonds is 1. The zero-order valence-electron chi connectivity index (χ0n) is 8.54. The molecule has 1 fully saturated rings. The van der Waals surface area contributed by atoms with Gasteiger partial charge in [-0.1, -0.05) is 0 Å². The highest BCUT2D eigenvalue weighted by molar-refractivity contribution is 6.65. The second-order valence-electron chi connectivity index (χ2n) is 4.28. The van der Waals surface area contributed by atoms with Crippen molar-refractivity contribution < 1.29 is 14.3 Å². The summed E-state index contributed by atoms with van der Waals surface area (Å²) in [6.45, 7) is 5.88. The van der Waals surface area contributed by atoms with Gasteiger partial charge in [-0.3, -0.25) is 9.69 Å². The molecule has 1 saturated heterocycles. The third-order valence-corrected chi connectivity index (χ3v) is 2.16. The van der Waals surface area contributed by atoms with Crippen LogP contribution in [-0.2, 0) is 9.53 Å². The van der Waals surface area contributed by atoms with Gasteiger partial charge in [-0.25, -0.2) is 4.79 Å². The van der Waals surface area contributed by atoms with Crippen LogP contribution in [0.25, 0.3) is 0 Å². The van der Waals surface area contributed by atoms with Crippen molar-refractivity contribution in [2.45, 2.75) is 38.8 Å². The summed E-state index contributed by atoms with van der Waals surface area (Å²) in [5, 5.41) is -0.498. The molecule has 14 heavy (non-hydrogen) atoms. The van der Waals surface area contributed by atoms with Crippen LogP contribution >= 0.6 is 11.6 Å². The molecular formula is C9H14ClNO3. The van der Waals surface area contributed by atoms with E-state index < -0.39 is 23.0 Å². The van der Waals surface area contributed by atoms with Crippen molar-refractivity contribution in [2.24, 2.45) is 0 Å². The van der Waals surface area contributed by atoms with E-state index in [-0.39, 0.29) is 0 Å². The van der Waals surface area contributed by atoms with E-state index in [0.717, 1.165) is 0 Å². The van der Waals surface area contributed by atoms with Crippen LogP contribution in [0.15, 0.2) is 0 Å². The predicted molar refractivity (Wildman–Crippen MR) is 52.2 cm³/mol. The fourth-order valence-corrected chi connectivity index (χ4v) is 1.39. The zero-order valence-corrected chi connectivity index (χ0v) is 9.30. The van der Waals surface area contributed by atoms with Gasteiger partial charge in [0.05, 0.1) is 0 Å². The summed E-state index contributed by atoms with van der Waals surface area (Å²) >= 11 is 5.30. The van der Waals surface area contributed by atoms with Crippen molar-refractivity contribution >= 4 is 22.9 Å². The van der Waals surface area contributed by atoms with Crippen LogP contribution in [0, 0.1) is 0 Å². The van der Waals surface area contributed by atoms with Gasteiger partial charge < -0.3 is 4.74 Å². The Morgan fingerprint density at radius 1 is 1.43 bits per heavy atom. The number of amides is 1. The Morgan fingerprint density at radius 2 is 2.00 bits per heavy atom. The van der Waals surface area contributed by atoms with Gasteiger partial charge in [-0.2, -0.15) is 0 Å². The van der Waals surface area contributed by atoms with E-state index in [2.05, 4.69) is 0 Å². The Morgan fingerprint density at radius 3 is 2.29 bits per heavy atom. The molecule has 0 aliphatic carbocycles. The maximum atomic E-state index is 11.4. The summed E-state index contributed by atoms with van der Waals surface area (Å²) in [5.74, 6) is 0. The number of likely N-dealkylation sites (tertiary alicyclic amines) is 1. The van der Waals surface area contributed by atoms with E-state index in [1.54, 1.807) is 20.8 Å². The van der Waals surface area contributed by atoms with E-state index >= 15 is 0 Å². The monoisotopic (exact) mass is 219 g/mol. The molecule has 0 radical (unpaired) electrons. The summed E-state index contributed by atoms with van der Waals surface area (Å²) in [7, 11) is 0. The summed E-state index contributed by atoms with van der Waals surface area (Å²) in [5.41, 5.74) is -0.535. The highest BCUT2D eigenvalue weighted by atomic mass is 35.5. The Labute approximate surface area is 88.2 Å². The lowest BCUT2D eigenvalue weighted by Crippen LogP contribution is -2.55. The lowest BCUT2D eigenvalue weighted by molar-refractivity contribution is -0.120. The van der Waals surface area contributed by atoms with E-state index in [9.17, 15) is 9.59 Å². The number of carbonyl (C=O) groups is 2. The molecule has 1 rings (SSSR count). The quantitative estimate of drug-likeness (QED) is 0.632. The minimum atomic E-state index is -0.535. The van der Waals surface area contributed by atoms with E-state index in [1.807, 2.05) is 0 Å². The normalized spacial score (nSPS) is 21.4. The maximum absolute atomic E-state index is 11.4. The Hall–Kier alpha value is -0.770. The van der Waals surface area contributed by atoms with Crippen molar-refractivity contribution in [1.82, 2.24) is 4.90 Å². The average Bonchev–Trinajstić information content (AvgIpc) is 1.75. The molecule has 5 heteroatoms. The van der Waals surface area contributed by atoms with Crippen molar-refractivity contribution in [3.05, 3.63) is 0 Å². The van der Waals surface area contributed by atoms with E-state index in [1.165, 1.54) is 4.90 Å². The molecular weight excluding hydrogens is 206 g/mol. The molecule has 80 valence electrons. The first-order chi connectivity index (χ1) is 6.31. The first-order valence-corrected chi connectivity index (χ1v) is 4.88. The summed E-state index contributed by atoms with van der Waals surface area (Å²) in [6.07, 6.45) is 0.157. The number of hydrogen-bond donors (Lipinski definition) is 0. The van der Waals surface area contributed by atoms with Gasteiger partial charge in [0.1, 0.15) is 11.6 Å². The summed E-state index contributed by atoms with van der Waals surface area (Å²) < 4.78 is 5.10. The Balaban J connectivity index is 2.51. The largest absolute Gasteiger partial charge is 0.444 e. The van der Waals surface area contributed by atoms with Gasteiger partial charge in [-0.05, 0) is 38.8 Å². The van der Waals surface area contributed by atoms with E-state index in [0.29, 0.717) is 13.0 Å². The summed E-state index contributed by atoms with van der Waals surface area (Å²) in [6, 6.07) is -0.494. The number of halogens is 1. The van der Waals surface area contributed by atoms with Crippen LogP contribution in [0.2, 0.25) is 0 Å². The number of ether oxygens (including phenoxy) is 1. The van der Waals surface area contributed by atoms with Crippen LogP contribution in [0.3, 0.4) is 0 Å². The molecule has 1 aliphatic heterocycles. The Kier molecular flexibility index (Phi) is 3.04. The fraction of sp³-hybridized carbons (Fsp3) is 0.778. The van der Waals surface area contributed by atoms with Crippen LogP contribution in [-0.4, -0.2) is 34.4 Å². The molecule has 1 heterocycles. The molecule has 0 saturated carbocycles. The lowest BCUT2D eigenvalue weighted by atomic mass is 10.1. The molecule has 0 aromatic rings. The minimum Gasteiger partial charge on any atom is -0.444 e. The number of nitrogens with zero attached hydrogens (tertiary/aromatic N) is 1. The standard InChI is InChI=1S/C9H14ClNO3/c1-9(2,3)14-8(13)11-5-4-6(11)7(10)12/h6H,4-5H2,1-3H3/t6-/m1/s1. The third-order valence-electron chi connectivity index (χ3n) is 1.91. The Bertz CT molecular complexity index is 259.